The van der Waals surface area contributed by atoms with Gasteiger partial charge in [0.25, 0.3) is 5.91 Å². The molecule has 2 fully saturated rings. The van der Waals surface area contributed by atoms with E-state index in [1.165, 1.54) is 0 Å². The van der Waals surface area contributed by atoms with Gasteiger partial charge in [-0.1, -0.05) is 0 Å². The van der Waals surface area contributed by atoms with Crippen molar-refractivity contribution in [3.05, 3.63) is 22.5 Å². The third-order valence-corrected chi connectivity index (χ3v) is 4.43. The third kappa shape index (κ3) is 2.74. The molecule has 0 atom stereocenters. The lowest BCUT2D eigenvalue weighted by Gasteiger charge is -2.22. The number of carbonyl (C=O) groups is 2. The van der Waals surface area contributed by atoms with Gasteiger partial charge in [-0.2, -0.15) is 0 Å². The largest absolute Gasteiger partial charge is 0.462 e. The Bertz CT molecular complexity index is 631. The summed E-state index contributed by atoms with van der Waals surface area (Å²) in [5, 5.41) is 0. The van der Waals surface area contributed by atoms with Crippen LogP contribution in [0.4, 0.5) is 0 Å². The van der Waals surface area contributed by atoms with E-state index in [0.717, 1.165) is 0 Å². The topological polar surface area (TPSA) is 80.9 Å². The highest BCUT2D eigenvalue weighted by molar-refractivity contribution is 6.00. The Labute approximate surface area is 134 Å². The number of aryl methyl sites for hydroxylation is 1. The average molecular weight is 322 g/mol. The fourth-order valence-electron chi connectivity index (χ4n) is 3.29. The van der Waals surface area contributed by atoms with E-state index in [-0.39, 0.29) is 5.91 Å². The van der Waals surface area contributed by atoms with Crippen LogP contribution in [0.25, 0.3) is 0 Å². The molecule has 1 aromatic rings. The quantitative estimate of drug-likeness (QED) is 0.851. The SMILES string of the molecule is CCOC(=O)c1c(C)[nH]c(C(=O)N2CCC3(C2)OCCO3)c1C. The fraction of sp³-hybridized carbons (Fsp3) is 0.625. The highest BCUT2D eigenvalue weighted by atomic mass is 16.7. The molecule has 0 aromatic carbocycles. The monoisotopic (exact) mass is 322 g/mol. The maximum absolute atomic E-state index is 12.8. The van der Waals surface area contributed by atoms with Crippen LogP contribution in [-0.4, -0.2) is 60.5 Å². The van der Waals surface area contributed by atoms with Crippen LogP contribution in [-0.2, 0) is 14.2 Å². The Kier molecular flexibility index (Phi) is 4.16. The summed E-state index contributed by atoms with van der Waals surface area (Å²) >= 11 is 0. The van der Waals surface area contributed by atoms with Gasteiger partial charge in [-0.05, 0) is 26.3 Å². The van der Waals surface area contributed by atoms with Crippen molar-refractivity contribution in [3.63, 3.8) is 0 Å². The smallest absolute Gasteiger partial charge is 0.340 e. The van der Waals surface area contributed by atoms with E-state index in [1.54, 1.807) is 25.7 Å². The van der Waals surface area contributed by atoms with Gasteiger partial charge < -0.3 is 24.1 Å². The summed E-state index contributed by atoms with van der Waals surface area (Å²) in [6, 6.07) is 0. The lowest BCUT2D eigenvalue weighted by molar-refractivity contribution is -0.143. The van der Waals surface area contributed by atoms with Crippen molar-refractivity contribution in [1.82, 2.24) is 9.88 Å². The zero-order valence-corrected chi connectivity index (χ0v) is 13.7. The molecule has 126 valence electrons. The molecule has 0 unspecified atom stereocenters. The average Bonchev–Trinajstić information content (AvgIpc) is 3.21. The molecule has 1 amide bonds. The molecule has 1 aromatic heterocycles. The summed E-state index contributed by atoms with van der Waals surface area (Å²) < 4.78 is 16.4. The van der Waals surface area contributed by atoms with Crippen molar-refractivity contribution >= 4 is 11.9 Å². The number of ether oxygens (including phenoxy) is 3. The lowest BCUT2D eigenvalue weighted by Crippen LogP contribution is -2.37. The zero-order valence-electron chi connectivity index (χ0n) is 13.7. The number of H-pyrrole nitrogens is 1. The number of hydrogen-bond donors (Lipinski definition) is 1. The summed E-state index contributed by atoms with van der Waals surface area (Å²) in [5.41, 5.74) is 2.14. The first-order valence-electron chi connectivity index (χ1n) is 7.91. The Hall–Kier alpha value is -1.86. The Balaban J connectivity index is 1.81. The van der Waals surface area contributed by atoms with Crippen LogP contribution in [0.2, 0.25) is 0 Å². The Morgan fingerprint density at radius 3 is 2.65 bits per heavy atom. The first-order valence-corrected chi connectivity index (χ1v) is 7.91. The summed E-state index contributed by atoms with van der Waals surface area (Å²) in [4.78, 5) is 29.6. The van der Waals surface area contributed by atoms with Gasteiger partial charge in [-0.15, -0.1) is 0 Å². The second kappa shape index (κ2) is 5.98. The van der Waals surface area contributed by atoms with Crippen molar-refractivity contribution in [3.8, 4) is 0 Å². The standard InChI is InChI=1S/C16H22N2O5/c1-4-21-15(20)12-10(2)13(17-11(12)3)14(19)18-6-5-16(9-18)22-7-8-23-16/h17H,4-9H2,1-3H3. The van der Waals surface area contributed by atoms with Crippen LogP contribution in [0.1, 0.15) is 45.4 Å². The van der Waals surface area contributed by atoms with E-state index in [0.29, 0.717) is 61.8 Å². The number of esters is 1. The minimum atomic E-state index is -0.644. The number of aromatic amines is 1. The molecule has 7 heteroatoms. The van der Waals surface area contributed by atoms with Crippen molar-refractivity contribution in [1.29, 1.82) is 0 Å². The van der Waals surface area contributed by atoms with Crippen LogP contribution in [0.3, 0.4) is 0 Å². The van der Waals surface area contributed by atoms with E-state index in [2.05, 4.69) is 4.98 Å². The summed E-state index contributed by atoms with van der Waals surface area (Å²) in [6.07, 6.45) is 0.669. The van der Waals surface area contributed by atoms with Crippen LogP contribution < -0.4 is 0 Å². The number of carbonyl (C=O) groups excluding carboxylic acids is 2. The molecule has 0 aliphatic carbocycles. The number of rotatable bonds is 3. The summed E-state index contributed by atoms with van der Waals surface area (Å²) in [7, 11) is 0. The Morgan fingerprint density at radius 1 is 1.30 bits per heavy atom. The molecular formula is C16H22N2O5. The van der Waals surface area contributed by atoms with Crippen molar-refractivity contribution in [2.24, 2.45) is 0 Å². The predicted octanol–water partition coefficient (Wildman–Crippen LogP) is 1.40. The van der Waals surface area contributed by atoms with Crippen LogP contribution in [0.15, 0.2) is 0 Å². The summed E-state index contributed by atoms with van der Waals surface area (Å²) in [5.74, 6) is -1.19. The van der Waals surface area contributed by atoms with Gasteiger partial charge in [0.1, 0.15) is 5.69 Å². The maximum atomic E-state index is 12.8. The predicted molar refractivity (Wildman–Crippen MR) is 81.4 cm³/mol. The van der Waals surface area contributed by atoms with Gasteiger partial charge in [0, 0.05) is 18.7 Å². The molecule has 2 aliphatic rings. The van der Waals surface area contributed by atoms with Crippen LogP contribution in [0, 0.1) is 13.8 Å². The van der Waals surface area contributed by atoms with Crippen molar-refractivity contribution < 1.29 is 23.8 Å². The van der Waals surface area contributed by atoms with Gasteiger partial charge in [0.15, 0.2) is 5.79 Å². The number of likely N-dealkylation sites (tertiary alicyclic amines) is 1. The van der Waals surface area contributed by atoms with Crippen molar-refractivity contribution in [2.45, 2.75) is 33.0 Å². The van der Waals surface area contributed by atoms with E-state index in [1.807, 2.05) is 0 Å². The van der Waals surface area contributed by atoms with Gasteiger partial charge >= 0.3 is 5.97 Å². The number of amides is 1. The van der Waals surface area contributed by atoms with E-state index < -0.39 is 11.8 Å². The second-order valence-electron chi connectivity index (χ2n) is 5.93. The Morgan fingerprint density at radius 2 is 2.00 bits per heavy atom. The minimum Gasteiger partial charge on any atom is -0.462 e. The van der Waals surface area contributed by atoms with E-state index in [4.69, 9.17) is 14.2 Å². The number of nitrogens with one attached hydrogen (secondary N) is 1. The molecule has 7 nitrogen and oxygen atoms in total. The molecule has 2 saturated heterocycles. The second-order valence-corrected chi connectivity index (χ2v) is 5.93. The van der Waals surface area contributed by atoms with Crippen molar-refractivity contribution in [2.75, 3.05) is 32.9 Å². The molecule has 0 saturated carbocycles. The third-order valence-electron chi connectivity index (χ3n) is 4.43. The van der Waals surface area contributed by atoms with Gasteiger partial charge in [-0.3, -0.25) is 4.79 Å². The molecule has 23 heavy (non-hydrogen) atoms. The normalized spacial score (nSPS) is 19.5. The molecule has 1 spiro atoms. The highest BCUT2D eigenvalue weighted by Crippen LogP contribution is 2.32. The van der Waals surface area contributed by atoms with Gasteiger partial charge in [-0.25, -0.2) is 4.79 Å². The molecule has 2 aliphatic heterocycles. The maximum Gasteiger partial charge on any atom is 0.340 e. The molecule has 0 radical (unpaired) electrons. The van der Waals surface area contributed by atoms with Crippen LogP contribution in [0.5, 0.6) is 0 Å². The van der Waals surface area contributed by atoms with E-state index in [9.17, 15) is 9.59 Å². The summed E-state index contributed by atoms with van der Waals surface area (Å²) in [6.45, 7) is 7.71. The number of nitrogens with zero attached hydrogens (tertiary/aromatic N) is 1. The van der Waals surface area contributed by atoms with Gasteiger partial charge in [0.2, 0.25) is 0 Å². The minimum absolute atomic E-state index is 0.142. The molecule has 3 heterocycles. The van der Waals surface area contributed by atoms with Gasteiger partial charge in [0.05, 0.1) is 31.9 Å². The molecule has 3 rings (SSSR count). The number of hydrogen-bond acceptors (Lipinski definition) is 5. The van der Waals surface area contributed by atoms with E-state index >= 15 is 0 Å². The first-order chi connectivity index (χ1) is 11.0. The molecular weight excluding hydrogens is 300 g/mol. The fourth-order valence-corrected chi connectivity index (χ4v) is 3.29. The number of aromatic nitrogens is 1. The lowest BCUT2D eigenvalue weighted by atomic mass is 10.1. The molecule has 0 bridgehead atoms. The van der Waals surface area contributed by atoms with Crippen LogP contribution >= 0.6 is 0 Å². The zero-order chi connectivity index (χ0) is 16.6. The first kappa shape index (κ1) is 16.0. The highest BCUT2D eigenvalue weighted by Gasteiger charge is 2.45. The molecule has 1 N–H and O–H groups in total.